The highest BCUT2D eigenvalue weighted by Crippen LogP contribution is 2.28. The summed E-state index contributed by atoms with van der Waals surface area (Å²) in [6.07, 6.45) is 0.628. The second-order valence-corrected chi connectivity index (χ2v) is 19.8. The predicted octanol–water partition coefficient (Wildman–Crippen LogP) is 2.36. The molecule has 0 spiro atoms. The molecule has 188 valence electrons. The Morgan fingerprint density at radius 1 is 0.774 bits per heavy atom. The smallest absolute Gasteiger partial charge is 0.437 e. The first-order valence-corrected chi connectivity index (χ1v) is 18.9. The largest absolute Gasteiger partial charge is 0.491 e. The summed E-state index contributed by atoms with van der Waals surface area (Å²) in [6, 6.07) is 1.37. The summed E-state index contributed by atoms with van der Waals surface area (Å²) >= 11 is 0. The van der Waals surface area contributed by atoms with E-state index in [1.165, 1.54) is 0 Å². The molecular formula is C19H46O9Si3. The zero-order valence-electron chi connectivity index (χ0n) is 20.6. The average molecular weight is 503 g/mol. The van der Waals surface area contributed by atoms with Gasteiger partial charge >= 0.3 is 17.4 Å². The molecular weight excluding hydrogens is 456 g/mol. The molecule has 0 saturated carbocycles. The van der Waals surface area contributed by atoms with Crippen LogP contribution in [0.1, 0.15) is 19.8 Å². The van der Waals surface area contributed by atoms with Gasteiger partial charge in [-0.15, -0.1) is 0 Å². The summed E-state index contributed by atoms with van der Waals surface area (Å²) in [5.74, 6) is 0. The van der Waals surface area contributed by atoms with Gasteiger partial charge in [-0.2, -0.15) is 0 Å². The van der Waals surface area contributed by atoms with Crippen molar-refractivity contribution in [3.8, 4) is 0 Å². The van der Waals surface area contributed by atoms with Gasteiger partial charge in [-0.3, -0.25) is 0 Å². The van der Waals surface area contributed by atoms with E-state index >= 15 is 0 Å². The number of hydrogen-bond acceptors (Lipinski definition) is 9. The third-order valence-electron chi connectivity index (χ3n) is 4.30. The van der Waals surface area contributed by atoms with E-state index < -0.39 is 31.8 Å². The standard InChI is InChI=1S/C19H46O9Si3/c1-8-24-13-14-25-11-9-15-30(7,27-29(4,5)6)28-31(22-2,23-3)16-10-12-26-18-19(21)17-20/h19-21H,8-18H2,1-7H3. The minimum atomic E-state index is -2.94. The van der Waals surface area contributed by atoms with Gasteiger partial charge in [0.1, 0.15) is 6.10 Å². The molecule has 0 aromatic heterocycles. The van der Waals surface area contributed by atoms with Gasteiger partial charge in [0.25, 0.3) is 0 Å². The van der Waals surface area contributed by atoms with Crippen LogP contribution in [0.25, 0.3) is 0 Å². The molecule has 0 saturated heterocycles. The molecule has 0 radical (unpaired) electrons. The fraction of sp³-hybridized carbons (Fsp3) is 1.00. The number of ether oxygens (including phenoxy) is 3. The lowest BCUT2D eigenvalue weighted by molar-refractivity contribution is 0.00561. The van der Waals surface area contributed by atoms with Gasteiger partial charge in [0.2, 0.25) is 0 Å². The van der Waals surface area contributed by atoms with Gasteiger partial charge in [-0.05, 0) is 52.0 Å². The molecule has 0 aromatic carbocycles. The van der Waals surface area contributed by atoms with Crippen LogP contribution in [0, 0.1) is 0 Å². The average Bonchev–Trinajstić information content (AvgIpc) is 2.70. The van der Waals surface area contributed by atoms with Crippen molar-refractivity contribution in [2.24, 2.45) is 0 Å². The van der Waals surface area contributed by atoms with E-state index in [-0.39, 0.29) is 13.2 Å². The first-order valence-electron chi connectivity index (χ1n) is 11.1. The molecule has 0 aromatic rings. The maximum atomic E-state index is 9.37. The van der Waals surface area contributed by atoms with Crippen LogP contribution in [0.3, 0.4) is 0 Å². The number of aliphatic hydroxyl groups excluding tert-OH is 2. The van der Waals surface area contributed by atoms with Crippen LogP contribution < -0.4 is 0 Å². The quantitative estimate of drug-likeness (QED) is 0.181. The van der Waals surface area contributed by atoms with Gasteiger partial charge in [0.05, 0.1) is 26.4 Å². The van der Waals surface area contributed by atoms with Crippen LogP contribution in [0.15, 0.2) is 0 Å². The van der Waals surface area contributed by atoms with Gasteiger partial charge in [-0.25, -0.2) is 0 Å². The molecule has 2 N–H and O–H groups in total. The van der Waals surface area contributed by atoms with Crippen LogP contribution in [0.5, 0.6) is 0 Å². The van der Waals surface area contributed by atoms with Crippen LogP contribution in [0.2, 0.25) is 38.3 Å². The summed E-state index contributed by atoms with van der Waals surface area (Å²) < 4.78 is 41.1. The summed E-state index contributed by atoms with van der Waals surface area (Å²) in [7, 11) is -4.14. The first kappa shape index (κ1) is 31.3. The van der Waals surface area contributed by atoms with E-state index in [0.717, 1.165) is 12.5 Å². The SMILES string of the molecule is CCOCCOCCC[Si](C)(O[Si](C)(C)C)O[Si](CCCOCC(O)CO)(OC)OC. The lowest BCUT2D eigenvalue weighted by Crippen LogP contribution is -2.57. The molecule has 31 heavy (non-hydrogen) atoms. The number of aliphatic hydroxyl groups is 2. The molecule has 0 bridgehead atoms. The van der Waals surface area contributed by atoms with Crippen molar-refractivity contribution in [3.05, 3.63) is 0 Å². The second-order valence-electron chi connectivity index (χ2n) is 8.47. The van der Waals surface area contributed by atoms with E-state index in [1.54, 1.807) is 14.2 Å². The van der Waals surface area contributed by atoms with E-state index in [9.17, 15) is 5.11 Å². The normalized spacial score (nSPS) is 15.8. The third-order valence-corrected chi connectivity index (χ3v) is 14.9. The van der Waals surface area contributed by atoms with Crippen LogP contribution in [-0.4, -0.2) is 102 Å². The molecule has 0 aliphatic rings. The van der Waals surface area contributed by atoms with Crippen molar-refractivity contribution in [2.75, 3.05) is 60.5 Å². The Hall–Kier alpha value is 0.291. The van der Waals surface area contributed by atoms with Gasteiger partial charge in [0, 0.05) is 40.1 Å². The van der Waals surface area contributed by atoms with Crippen molar-refractivity contribution in [1.29, 1.82) is 0 Å². The fourth-order valence-electron chi connectivity index (χ4n) is 3.04. The molecule has 0 amide bonds. The first-order chi connectivity index (χ1) is 14.6. The Morgan fingerprint density at radius 3 is 1.90 bits per heavy atom. The molecule has 0 rings (SSSR count). The third kappa shape index (κ3) is 15.7. The van der Waals surface area contributed by atoms with Gasteiger partial charge in [-0.1, -0.05) is 0 Å². The van der Waals surface area contributed by atoms with Crippen molar-refractivity contribution in [2.45, 2.75) is 64.1 Å². The Bertz CT molecular complexity index is 436. The van der Waals surface area contributed by atoms with Gasteiger partial charge in [0.15, 0.2) is 8.32 Å². The molecule has 2 unspecified atom stereocenters. The zero-order chi connectivity index (χ0) is 23.8. The summed E-state index contributed by atoms with van der Waals surface area (Å²) in [4.78, 5) is 0. The predicted molar refractivity (Wildman–Crippen MR) is 127 cm³/mol. The minimum Gasteiger partial charge on any atom is -0.437 e. The van der Waals surface area contributed by atoms with Crippen LogP contribution in [-0.2, 0) is 31.3 Å². The number of hydrogen-bond donors (Lipinski definition) is 2. The van der Waals surface area contributed by atoms with E-state index in [1.807, 2.05) is 6.92 Å². The summed E-state index contributed by atoms with van der Waals surface area (Å²) in [6.45, 7) is 13.2. The highest BCUT2D eigenvalue weighted by Gasteiger charge is 2.48. The summed E-state index contributed by atoms with van der Waals surface area (Å²) in [5, 5.41) is 18.2. The van der Waals surface area contributed by atoms with Crippen molar-refractivity contribution < 1.29 is 41.5 Å². The fourth-order valence-corrected chi connectivity index (χ4v) is 15.2. The van der Waals surface area contributed by atoms with E-state index in [4.69, 9.17) is 36.4 Å². The Labute approximate surface area is 192 Å². The Kier molecular flexibility index (Phi) is 17.0. The molecule has 0 heterocycles. The Balaban J connectivity index is 4.85. The molecule has 12 heteroatoms. The zero-order valence-corrected chi connectivity index (χ0v) is 23.6. The van der Waals surface area contributed by atoms with Gasteiger partial charge < -0.3 is 41.5 Å². The minimum absolute atomic E-state index is 0.0976. The Morgan fingerprint density at radius 2 is 1.35 bits per heavy atom. The second kappa shape index (κ2) is 16.8. The highest BCUT2D eigenvalue weighted by atomic mass is 28.5. The van der Waals surface area contributed by atoms with Crippen molar-refractivity contribution in [1.82, 2.24) is 0 Å². The molecule has 9 nitrogen and oxygen atoms in total. The maximum Gasteiger partial charge on any atom is 0.491 e. The monoisotopic (exact) mass is 502 g/mol. The van der Waals surface area contributed by atoms with E-state index in [0.29, 0.717) is 45.5 Å². The lowest BCUT2D eigenvalue weighted by atomic mass is 10.4. The van der Waals surface area contributed by atoms with E-state index in [2.05, 4.69) is 26.2 Å². The van der Waals surface area contributed by atoms with Crippen LogP contribution >= 0.6 is 0 Å². The molecule has 0 aliphatic heterocycles. The molecule has 0 aliphatic carbocycles. The number of rotatable bonds is 21. The maximum absolute atomic E-state index is 9.37. The molecule has 2 atom stereocenters. The topological polar surface area (TPSA) is 105 Å². The summed E-state index contributed by atoms with van der Waals surface area (Å²) in [5.41, 5.74) is 0. The lowest BCUT2D eigenvalue weighted by Gasteiger charge is -2.40. The van der Waals surface area contributed by atoms with Crippen LogP contribution in [0.4, 0.5) is 0 Å². The molecule has 0 fully saturated rings. The highest BCUT2D eigenvalue weighted by molar-refractivity contribution is 6.85. The van der Waals surface area contributed by atoms with Crippen molar-refractivity contribution >= 4 is 25.7 Å². The van der Waals surface area contributed by atoms with Crippen molar-refractivity contribution in [3.63, 3.8) is 0 Å².